The molecule has 0 saturated carbocycles. The van der Waals surface area contributed by atoms with E-state index in [-0.39, 0.29) is 0 Å². The highest BCUT2D eigenvalue weighted by Gasteiger charge is 1.98. The molecule has 0 amide bonds. The first kappa shape index (κ1) is 11.7. The quantitative estimate of drug-likeness (QED) is 0.657. The molecule has 0 radical (unpaired) electrons. The topological polar surface area (TPSA) is 0 Å². The zero-order valence-corrected chi connectivity index (χ0v) is 9.50. The predicted octanol–water partition coefficient (Wildman–Crippen LogP) is 4.29. The number of hydrogen-bond acceptors (Lipinski definition) is 1. The van der Waals surface area contributed by atoms with Gasteiger partial charge in [0.15, 0.2) is 0 Å². The van der Waals surface area contributed by atoms with Crippen LogP contribution in [-0.4, -0.2) is 0 Å². The smallest absolute Gasteiger partial charge is 0.00744 e. The second kappa shape index (κ2) is 7.35. The molecule has 1 aromatic heterocycles. The summed E-state index contributed by atoms with van der Waals surface area (Å²) in [7, 11) is 0. The second-order valence-corrected chi connectivity index (χ2v) is 3.47. The Hall–Kier alpha value is -0.300. The molecule has 70 valence electrons. The molecule has 12 heavy (non-hydrogen) atoms. The molecule has 0 atom stereocenters. The van der Waals surface area contributed by atoms with Crippen LogP contribution in [0.15, 0.2) is 11.4 Å². The summed E-state index contributed by atoms with van der Waals surface area (Å²) in [5.74, 6) is 0. The molecule has 1 heteroatoms. The zero-order chi connectivity index (χ0) is 9.40. The fourth-order valence-corrected chi connectivity index (χ4v) is 2.05. The van der Waals surface area contributed by atoms with Crippen molar-refractivity contribution in [2.45, 2.75) is 47.0 Å². The Morgan fingerprint density at radius 3 is 2.42 bits per heavy atom. The highest BCUT2D eigenvalue weighted by atomic mass is 32.1. The van der Waals surface area contributed by atoms with Crippen LogP contribution < -0.4 is 0 Å². The Morgan fingerprint density at radius 2 is 1.92 bits per heavy atom. The third-order valence-corrected chi connectivity index (χ3v) is 2.79. The third-order valence-electron chi connectivity index (χ3n) is 1.68. The van der Waals surface area contributed by atoms with Crippen LogP contribution in [0.3, 0.4) is 0 Å². The summed E-state index contributed by atoms with van der Waals surface area (Å²) in [5, 5.41) is 2.20. The lowest BCUT2D eigenvalue weighted by molar-refractivity contribution is 0.910. The predicted molar refractivity (Wildman–Crippen MR) is 59.0 cm³/mol. The fourth-order valence-electron chi connectivity index (χ4n) is 1.17. The van der Waals surface area contributed by atoms with Crippen LogP contribution in [0, 0.1) is 0 Å². The van der Waals surface area contributed by atoms with E-state index in [0.717, 1.165) is 0 Å². The van der Waals surface area contributed by atoms with E-state index in [4.69, 9.17) is 0 Å². The van der Waals surface area contributed by atoms with E-state index in [9.17, 15) is 0 Å². The molecule has 1 rings (SSSR count). The Bertz CT molecular complexity index is 189. The van der Waals surface area contributed by atoms with Crippen molar-refractivity contribution in [2.24, 2.45) is 0 Å². The van der Waals surface area contributed by atoms with E-state index >= 15 is 0 Å². The molecule has 0 aliphatic rings. The number of aryl methyl sites for hydroxylation is 2. The average molecular weight is 184 g/mol. The Labute approximate surface area is 80.6 Å². The first-order valence-electron chi connectivity index (χ1n) is 4.93. The van der Waals surface area contributed by atoms with Crippen LogP contribution >= 0.6 is 11.3 Å². The standard InChI is InChI=1S/C9H14S.C2H6/c1-3-5-8-6-7-10-9(8)4-2;1-2/h6-7H,3-5H2,1-2H3;1-2H3. The highest BCUT2D eigenvalue weighted by molar-refractivity contribution is 7.10. The molecule has 0 unspecified atom stereocenters. The number of hydrogen-bond donors (Lipinski definition) is 0. The summed E-state index contributed by atoms with van der Waals surface area (Å²) in [6.45, 7) is 8.46. The van der Waals surface area contributed by atoms with Gasteiger partial charge in [0.2, 0.25) is 0 Å². The fraction of sp³-hybridized carbons (Fsp3) is 0.636. The van der Waals surface area contributed by atoms with E-state index in [1.807, 2.05) is 25.2 Å². The van der Waals surface area contributed by atoms with E-state index in [1.165, 1.54) is 19.3 Å². The van der Waals surface area contributed by atoms with Crippen molar-refractivity contribution in [3.05, 3.63) is 21.9 Å². The summed E-state index contributed by atoms with van der Waals surface area (Å²) in [6.07, 6.45) is 3.73. The lowest BCUT2D eigenvalue weighted by atomic mass is 10.1. The van der Waals surface area contributed by atoms with Crippen LogP contribution in [0.1, 0.15) is 44.6 Å². The van der Waals surface area contributed by atoms with Crippen LogP contribution in [0.25, 0.3) is 0 Å². The number of thiophene rings is 1. The average Bonchev–Trinajstić information content (AvgIpc) is 2.56. The highest BCUT2D eigenvalue weighted by Crippen LogP contribution is 2.18. The van der Waals surface area contributed by atoms with Crippen molar-refractivity contribution in [1.29, 1.82) is 0 Å². The summed E-state index contributed by atoms with van der Waals surface area (Å²) < 4.78 is 0. The molecule has 0 aliphatic carbocycles. The van der Waals surface area contributed by atoms with Gasteiger partial charge in [-0.05, 0) is 29.9 Å². The lowest BCUT2D eigenvalue weighted by Gasteiger charge is -1.96. The lowest BCUT2D eigenvalue weighted by Crippen LogP contribution is -1.83. The van der Waals surface area contributed by atoms with E-state index in [1.54, 1.807) is 10.4 Å². The molecule has 0 fully saturated rings. The van der Waals surface area contributed by atoms with Gasteiger partial charge in [-0.2, -0.15) is 0 Å². The summed E-state index contributed by atoms with van der Waals surface area (Å²) >= 11 is 1.89. The molecule has 0 aromatic carbocycles. The zero-order valence-electron chi connectivity index (χ0n) is 8.68. The molecule has 1 heterocycles. The van der Waals surface area contributed by atoms with E-state index in [0.29, 0.717) is 0 Å². The maximum atomic E-state index is 2.26. The maximum Gasteiger partial charge on any atom is 0.00744 e. The minimum Gasteiger partial charge on any atom is -0.149 e. The third kappa shape index (κ3) is 3.40. The molecule has 0 bridgehead atoms. The van der Waals surface area contributed by atoms with Crippen LogP contribution in [0.4, 0.5) is 0 Å². The van der Waals surface area contributed by atoms with E-state index < -0.39 is 0 Å². The van der Waals surface area contributed by atoms with Gasteiger partial charge in [-0.1, -0.05) is 34.1 Å². The summed E-state index contributed by atoms with van der Waals surface area (Å²) in [6, 6.07) is 2.26. The summed E-state index contributed by atoms with van der Waals surface area (Å²) in [5.41, 5.74) is 1.56. The van der Waals surface area contributed by atoms with Crippen LogP contribution in [0.2, 0.25) is 0 Å². The summed E-state index contributed by atoms with van der Waals surface area (Å²) in [4.78, 5) is 1.57. The number of rotatable bonds is 3. The van der Waals surface area contributed by atoms with Gasteiger partial charge in [-0.3, -0.25) is 0 Å². The maximum absolute atomic E-state index is 2.26. The SMILES string of the molecule is CC.CCCc1ccsc1CC. The van der Waals surface area contributed by atoms with E-state index in [2.05, 4.69) is 25.3 Å². The molecular formula is C11H20S. The van der Waals surface area contributed by atoms with Gasteiger partial charge in [0.1, 0.15) is 0 Å². The Balaban J connectivity index is 0.000000561. The van der Waals surface area contributed by atoms with Gasteiger partial charge in [0.05, 0.1) is 0 Å². The Kier molecular flexibility index (Phi) is 7.17. The largest absolute Gasteiger partial charge is 0.149 e. The molecule has 0 aliphatic heterocycles. The second-order valence-electron chi connectivity index (χ2n) is 2.47. The molecular weight excluding hydrogens is 164 g/mol. The van der Waals surface area contributed by atoms with Gasteiger partial charge in [0.25, 0.3) is 0 Å². The first-order valence-corrected chi connectivity index (χ1v) is 5.81. The first-order chi connectivity index (χ1) is 5.88. The van der Waals surface area contributed by atoms with Gasteiger partial charge in [-0.25, -0.2) is 0 Å². The van der Waals surface area contributed by atoms with Crippen molar-refractivity contribution < 1.29 is 0 Å². The molecule has 0 saturated heterocycles. The minimum absolute atomic E-state index is 1.20. The van der Waals surface area contributed by atoms with Crippen molar-refractivity contribution in [3.8, 4) is 0 Å². The van der Waals surface area contributed by atoms with Gasteiger partial charge in [0, 0.05) is 4.88 Å². The van der Waals surface area contributed by atoms with Crippen molar-refractivity contribution in [1.82, 2.24) is 0 Å². The molecule has 0 nitrogen and oxygen atoms in total. The monoisotopic (exact) mass is 184 g/mol. The molecule has 1 aromatic rings. The van der Waals surface area contributed by atoms with Gasteiger partial charge in [-0.15, -0.1) is 11.3 Å². The minimum atomic E-state index is 1.20. The van der Waals surface area contributed by atoms with Gasteiger partial charge >= 0.3 is 0 Å². The van der Waals surface area contributed by atoms with Gasteiger partial charge < -0.3 is 0 Å². The van der Waals surface area contributed by atoms with Crippen LogP contribution in [-0.2, 0) is 12.8 Å². The van der Waals surface area contributed by atoms with Crippen molar-refractivity contribution >= 4 is 11.3 Å². The normalized spacial score (nSPS) is 9.00. The van der Waals surface area contributed by atoms with Crippen LogP contribution in [0.5, 0.6) is 0 Å². The van der Waals surface area contributed by atoms with Crippen molar-refractivity contribution in [3.63, 3.8) is 0 Å². The van der Waals surface area contributed by atoms with Crippen molar-refractivity contribution in [2.75, 3.05) is 0 Å². The molecule has 0 N–H and O–H groups in total. The Morgan fingerprint density at radius 1 is 1.25 bits per heavy atom. The molecule has 0 spiro atoms.